The van der Waals surface area contributed by atoms with Crippen molar-refractivity contribution in [2.75, 3.05) is 6.54 Å². The molecule has 1 amide bonds. The van der Waals surface area contributed by atoms with Gasteiger partial charge in [0.2, 0.25) is 5.91 Å². The third-order valence-corrected chi connectivity index (χ3v) is 3.83. The van der Waals surface area contributed by atoms with Crippen molar-refractivity contribution in [3.05, 3.63) is 34.9 Å². The molecule has 0 bridgehead atoms. The quantitative estimate of drug-likeness (QED) is 0.810. The maximum atomic E-state index is 12.0. The summed E-state index contributed by atoms with van der Waals surface area (Å²) in [5.74, 6) is 0.448. The van der Waals surface area contributed by atoms with E-state index in [-0.39, 0.29) is 11.9 Å². The first-order valence-electron chi connectivity index (χ1n) is 7.34. The predicted molar refractivity (Wildman–Crippen MR) is 82.8 cm³/mol. The van der Waals surface area contributed by atoms with E-state index in [0.717, 1.165) is 17.1 Å². The Hall–Kier alpha value is -1.06. The van der Waals surface area contributed by atoms with E-state index in [4.69, 9.17) is 11.6 Å². The molecule has 2 N–H and O–H groups in total. The van der Waals surface area contributed by atoms with E-state index in [1.807, 2.05) is 24.3 Å². The number of halogens is 1. The molecule has 1 aromatic carbocycles. The van der Waals surface area contributed by atoms with Crippen LogP contribution in [0.15, 0.2) is 24.3 Å². The molecular weight excluding hydrogens is 272 g/mol. The standard InChI is InChI=1S/C16H23ClN2O/c1-11(2)16(12-3-5-13(17)6-4-12)19-15(20)9-10-18-14-7-8-14/h3-6,11,14,16,18H,7-10H2,1-2H3,(H,19,20). The largest absolute Gasteiger partial charge is 0.349 e. The molecule has 1 unspecified atom stereocenters. The van der Waals surface area contributed by atoms with Crippen LogP contribution in [0.3, 0.4) is 0 Å². The van der Waals surface area contributed by atoms with Gasteiger partial charge in [-0.05, 0) is 36.5 Å². The molecule has 1 saturated carbocycles. The summed E-state index contributed by atoms with van der Waals surface area (Å²) in [5.41, 5.74) is 1.10. The lowest BCUT2D eigenvalue weighted by atomic mass is 9.96. The number of hydrogen-bond donors (Lipinski definition) is 2. The number of carbonyl (C=O) groups excluding carboxylic acids is 1. The zero-order valence-corrected chi connectivity index (χ0v) is 12.9. The maximum absolute atomic E-state index is 12.0. The Balaban J connectivity index is 1.87. The van der Waals surface area contributed by atoms with E-state index in [0.29, 0.717) is 18.4 Å². The van der Waals surface area contributed by atoms with Gasteiger partial charge in [-0.3, -0.25) is 4.79 Å². The number of benzene rings is 1. The Bertz CT molecular complexity index is 440. The molecule has 1 aliphatic carbocycles. The highest BCUT2D eigenvalue weighted by molar-refractivity contribution is 6.30. The third-order valence-electron chi connectivity index (χ3n) is 3.57. The predicted octanol–water partition coefficient (Wildman–Crippen LogP) is 3.30. The van der Waals surface area contributed by atoms with Gasteiger partial charge in [0.05, 0.1) is 6.04 Å². The first-order valence-corrected chi connectivity index (χ1v) is 7.72. The Morgan fingerprint density at radius 1 is 1.30 bits per heavy atom. The molecule has 3 nitrogen and oxygen atoms in total. The van der Waals surface area contributed by atoms with Crippen molar-refractivity contribution in [2.45, 2.75) is 45.2 Å². The van der Waals surface area contributed by atoms with Gasteiger partial charge in [-0.15, -0.1) is 0 Å². The number of hydrogen-bond acceptors (Lipinski definition) is 2. The summed E-state index contributed by atoms with van der Waals surface area (Å²) >= 11 is 5.91. The number of amides is 1. The first-order chi connectivity index (χ1) is 9.56. The zero-order valence-electron chi connectivity index (χ0n) is 12.2. The molecule has 1 fully saturated rings. The van der Waals surface area contributed by atoms with E-state index >= 15 is 0 Å². The fraction of sp³-hybridized carbons (Fsp3) is 0.562. The van der Waals surface area contributed by atoms with Crippen molar-refractivity contribution in [1.29, 1.82) is 0 Å². The highest BCUT2D eigenvalue weighted by Gasteiger charge is 2.21. The Morgan fingerprint density at radius 3 is 2.50 bits per heavy atom. The second-order valence-electron chi connectivity index (χ2n) is 5.82. The lowest BCUT2D eigenvalue weighted by molar-refractivity contribution is -0.122. The van der Waals surface area contributed by atoms with Crippen LogP contribution in [0.2, 0.25) is 5.02 Å². The molecule has 110 valence electrons. The smallest absolute Gasteiger partial charge is 0.221 e. The minimum atomic E-state index is 0.0423. The highest BCUT2D eigenvalue weighted by Crippen LogP contribution is 2.23. The summed E-state index contributed by atoms with van der Waals surface area (Å²) < 4.78 is 0. The van der Waals surface area contributed by atoms with Crippen LogP contribution in [0.25, 0.3) is 0 Å². The van der Waals surface area contributed by atoms with E-state index in [1.54, 1.807) is 0 Å². The molecule has 0 aromatic heterocycles. The second-order valence-corrected chi connectivity index (χ2v) is 6.26. The van der Waals surface area contributed by atoms with Gasteiger partial charge in [-0.25, -0.2) is 0 Å². The summed E-state index contributed by atoms with van der Waals surface area (Å²) in [6, 6.07) is 8.40. The van der Waals surface area contributed by atoms with Crippen LogP contribution < -0.4 is 10.6 Å². The van der Waals surface area contributed by atoms with Crippen LogP contribution >= 0.6 is 11.6 Å². The maximum Gasteiger partial charge on any atom is 0.221 e. The molecule has 1 aromatic rings. The van der Waals surface area contributed by atoms with Crippen LogP contribution in [0.5, 0.6) is 0 Å². The SMILES string of the molecule is CC(C)C(NC(=O)CCNC1CC1)c1ccc(Cl)cc1. The van der Waals surface area contributed by atoms with Crippen molar-refractivity contribution in [1.82, 2.24) is 10.6 Å². The van der Waals surface area contributed by atoms with E-state index in [9.17, 15) is 4.79 Å². The van der Waals surface area contributed by atoms with Gasteiger partial charge in [0.25, 0.3) is 0 Å². The van der Waals surface area contributed by atoms with Gasteiger partial charge in [-0.1, -0.05) is 37.6 Å². The van der Waals surface area contributed by atoms with Gasteiger partial charge >= 0.3 is 0 Å². The van der Waals surface area contributed by atoms with Gasteiger partial charge in [0.1, 0.15) is 0 Å². The molecule has 4 heteroatoms. The summed E-state index contributed by atoms with van der Waals surface area (Å²) in [7, 11) is 0. The number of carbonyl (C=O) groups is 1. The molecule has 0 aliphatic heterocycles. The Morgan fingerprint density at radius 2 is 1.95 bits per heavy atom. The second kappa shape index (κ2) is 7.09. The summed E-state index contributed by atoms with van der Waals surface area (Å²) in [6.45, 7) is 4.99. The average Bonchev–Trinajstić information content (AvgIpc) is 3.21. The molecule has 0 radical (unpaired) electrons. The van der Waals surface area contributed by atoms with Crippen LogP contribution in [0.4, 0.5) is 0 Å². The van der Waals surface area contributed by atoms with Gasteiger partial charge < -0.3 is 10.6 Å². The monoisotopic (exact) mass is 294 g/mol. The van der Waals surface area contributed by atoms with E-state index < -0.39 is 0 Å². The normalized spacial score (nSPS) is 16.2. The van der Waals surface area contributed by atoms with E-state index in [1.165, 1.54) is 12.8 Å². The summed E-state index contributed by atoms with van der Waals surface area (Å²) in [5, 5.41) is 7.20. The zero-order chi connectivity index (χ0) is 14.5. The van der Waals surface area contributed by atoms with Gasteiger partial charge in [0, 0.05) is 24.0 Å². The van der Waals surface area contributed by atoms with Crippen LogP contribution in [0.1, 0.15) is 44.7 Å². The third kappa shape index (κ3) is 4.80. The van der Waals surface area contributed by atoms with Crippen molar-refractivity contribution < 1.29 is 4.79 Å². The number of rotatable bonds is 7. The van der Waals surface area contributed by atoms with Crippen molar-refractivity contribution in [3.8, 4) is 0 Å². The fourth-order valence-electron chi connectivity index (χ4n) is 2.23. The molecule has 1 aliphatic rings. The van der Waals surface area contributed by atoms with Crippen LogP contribution in [-0.4, -0.2) is 18.5 Å². The van der Waals surface area contributed by atoms with Crippen molar-refractivity contribution in [2.24, 2.45) is 5.92 Å². The topological polar surface area (TPSA) is 41.1 Å². The van der Waals surface area contributed by atoms with Crippen LogP contribution in [-0.2, 0) is 4.79 Å². The molecular formula is C16H23ClN2O. The fourth-order valence-corrected chi connectivity index (χ4v) is 2.35. The highest BCUT2D eigenvalue weighted by atomic mass is 35.5. The average molecular weight is 295 g/mol. The van der Waals surface area contributed by atoms with Gasteiger partial charge in [0.15, 0.2) is 0 Å². The summed E-state index contributed by atoms with van der Waals surface area (Å²) in [6.07, 6.45) is 3.04. The first kappa shape index (κ1) is 15.3. The Labute approximate surface area is 126 Å². The van der Waals surface area contributed by atoms with Crippen LogP contribution in [0, 0.1) is 5.92 Å². The lowest BCUT2D eigenvalue weighted by Gasteiger charge is -2.23. The van der Waals surface area contributed by atoms with Crippen molar-refractivity contribution in [3.63, 3.8) is 0 Å². The molecule has 0 saturated heterocycles. The number of nitrogens with one attached hydrogen (secondary N) is 2. The van der Waals surface area contributed by atoms with E-state index in [2.05, 4.69) is 24.5 Å². The van der Waals surface area contributed by atoms with Gasteiger partial charge in [-0.2, -0.15) is 0 Å². The minimum Gasteiger partial charge on any atom is -0.349 e. The lowest BCUT2D eigenvalue weighted by Crippen LogP contribution is -2.34. The summed E-state index contributed by atoms with van der Waals surface area (Å²) in [4.78, 5) is 12.0. The Kier molecular flexibility index (Phi) is 5.44. The molecule has 0 heterocycles. The molecule has 20 heavy (non-hydrogen) atoms. The molecule has 0 spiro atoms. The molecule has 2 rings (SSSR count). The minimum absolute atomic E-state index is 0.0423. The molecule has 1 atom stereocenters. The van der Waals surface area contributed by atoms with Crippen molar-refractivity contribution >= 4 is 17.5 Å².